The molecule has 0 bridgehead atoms. The molecule has 2 aromatic heterocycles. The summed E-state index contributed by atoms with van der Waals surface area (Å²) in [5, 5.41) is 1.01. The summed E-state index contributed by atoms with van der Waals surface area (Å²) in [4.78, 5) is 18.7. The fourth-order valence-corrected chi connectivity index (χ4v) is 1.54. The molecule has 0 unspecified atom stereocenters. The third kappa shape index (κ3) is 1.58. The maximum atomic E-state index is 11.6. The summed E-state index contributed by atoms with van der Waals surface area (Å²) < 4.78 is 4.92. The molecular formula is C11H12N2O2. The van der Waals surface area contributed by atoms with Gasteiger partial charge >= 0.3 is 5.97 Å². The molecule has 15 heavy (non-hydrogen) atoms. The molecule has 0 radical (unpaired) electrons. The third-order valence-corrected chi connectivity index (χ3v) is 2.26. The van der Waals surface area contributed by atoms with Gasteiger partial charge in [-0.15, -0.1) is 0 Å². The summed E-state index contributed by atoms with van der Waals surface area (Å²) in [6, 6.07) is 1.93. The molecule has 0 aliphatic rings. The minimum absolute atomic E-state index is 0.349. The van der Waals surface area contributed by atoms with E-state index in [1.807, 2.05) is 13.0 Å². The van der Waals surface area contributed by atoms with Crippen molar-refractivity contribution in [2.24, 2.45) is 0 Å². The van der Waals surface area contributed by atoms with Crippen molar-refractivity contribution in [3.8, 4) is 0 Å². The highest BCUT2D eigenvalue weighted by Gasteiger charge is 2.14. The van der Waals surface area contributed by atoms with Gasteiger partial charge in [-0.3, -0.25) is 0 Å². The summed E-state index contributed by atoms with van der Waals surface area (Å²) in [6.07, 6.45) is 3.48. The summed E-state index contributed by atoms with van der Waals surface area (Å²) in [6.45, 7) is 4.09. The second kappa shape index (κ2) is 3.73. The smallest absolute Gasteiger partial charge is 0.359 e. The fourth-order valence-electron chi connectivity index (χ4n) is 1.54. The van der Waals surface area contributed by atoms with Crippen LogP contribution in [0.5, 0.6) is 0 Å². The molecule has 78 valence electrons. The van der Waals surface area contributed by atoms with E-state index in [0.717, 1.165) is 16.5 Å². The molecule has 0 saturated carbocycles. The van der Waals surface area contributed by atoms with Crippen molar-refractivity contribution in [3.63, 3.8) is 0 Å². The Balaban J connectivity index is 2.57. The Morgan fingerprint density at radius 1 is 1.60 bits per heavy atom. The standard InChI is InChI=1S/C11H12N2O2/c1-3-15-11(14)10-9-8(4-5-12-9)7(2)6-13-10/h4-6,12H,3H2,1-2H3. The first kappa shape index (κ1) is 9.71. The van der Waals surface area contributed by atoms with Crippen molar-refractivity contribution < 1.29 is 9.53 Å². The van der Waals surface area contributed by atoms with E-state index >= 15 is 0 Å². The number of esters is 1. The number of H-pyrrole nitrogens is 1. The predicted molar refractivity (Wildman–Crippen MR) is 56.8 cm³/mol. The van der Waals surface area contributed by atoms with Crippen molar-refractivity contribution in [2.75, 3.05) is 6.61 Å². The van der Waals surface area contributed by atoms with E-state index in [0.29, 0.717) is 12.3 Å². The maximum Gasteiger partial charge on any atom is 0.359 e. The van der Waals surface area contributed by atoms with Crippen molar-refractivity contribution in [1.82, 2.24) is 9.97 Å². The molecule has 0 aromatic carbocycles. The van der Waals surface area contributed by atoms with Gasteiger partial charge in [0.1, 0.15) is 0 Å². The number of pyridine rings is 1. The van der Waals surface area contributed by atoms with Gasteiger partial charge in [-0.25, -0.2) is 9.78 Å². The lowest BCUT2D eigenvalue weighted by Crippen LogP contribution is -2.08. The van der Waals surface area contributed by atoms with Gasteiger partial charge in [0, 0.05) is 17.8 Å². The van der Waals surface area contributed by atoms with Crippen LogP contribution in [0.1, 0.15) is 23.0 Å². The first-order chi connectivity index (χ1) is 7.24. The lowest BCUT2D eigenvalue weighted by molar-refractivity contribution is 0.0522. The number of ether oxygens (including phenoxy) is 1. The normalized spacial score (nSPS) is 10.5. The quantitative estimate of drug-likeness (QED) is 0.761. The van der Waals surface area contributed by atoms with Crippen LogP contribution in [0.2, 0.25) is 0 Å². The minimum Gasteiger partial charge on any atom is -0.461 e. The number of nitrogens with one attached hydrogen (secondary N) is 1. The number of hydrogen-bond acceptors (Lipinski definition) is 3. The van der Waals surface area contributed by atoms with Crippen LogP contribution < -0.4 is 0 Å². The van der Waals surface area contributed by atoms with Gasteiger partial charge < -0.3 is 9.72 Å². The Morgan fingerprint density at radius 2 is 2.40 bits per heavy atom. The monoisotopic (exact) mass is 204 g/mol. The molecule has 0 amide bonds. The number of nitrogens with zero attached hydrogens (tertiary/aromatic N) is 1. The second-order valence-corrected chi connectivity index (χ2v) is 3.28. The summed E-state index contributed by atoms with van der Waals surface area (Å²) >= 11 is 0. The van der Waals surface area contributed by atoms with Crippen LogP contribution in [0.4, 0.5) is 0 Å². The SMILES string of the molecule is CCOC(=O)c1ncc(C)c2cc[nH]c12. The first-order valence-electron chi connectivity index (χ1n) is 4.84. The molecular weight excluding hydrogens is 192 g/mol. The van der Waals surface area contributed by atoms with E-state index in [-0.39, 0.29) is 5.97 Å². The zero-order valence-corrected chi connectivity index (χ0v) is 8.70. The highest BCUT2D eigenvalue weighted by molar-refractivity contribution is 6.01. The summed E-state index contributed by atoms with van der Waals surface area (Å²) in [7, 11) is 0. The lowest BCUT2D eigenvalue weighted by atomic mass is 10.2. The Kier molecular flexibility index (Phi) is 2.41. The Morgan fingerprint density at radius 3 is 3.13 bits per heavy atom. The Bertz CT molecular complexity index is 502. The molecule has 4 heteroatoms. The number of hydrogen-bond donors (Lipinski definition) is 1. The molecule has 4 nitrogen and oxygen atoms in total. The van der Waals surface area contributed by atoms with E-state index in [4.69, 9.17) is 4.74 Å². The van der Waals surface area contributed by atoms with Gasteiger partial charge in [-0.1, -0.05) is 0 Å². The molecule has 0 aliphatic carbocycles. The van der Waals surface area contributed by atoms with Crippen molar-refractivity contribution in [1.29, 1.82) is 0 Å². The molecule has 0 fully saturated rings. The van der Waals surface area contributed by atoms with Gasteiger partial charge in [0.05, 0.1) is 12.1 Å². The highest BCUT2D eigenvalue weighted by Crippen LogP contribution is 2.19. The summed E-state index contributed by atoms with van der Waals surface area (Å²) in [5.74, 6) is -0.384. The van der Waals surface area contributed by atoms with Crippen LogP contribution >= 0.6 is 0 Å². The van der Waals surface area contributed by atoms with Gasteiger partial charge in [-0.2, -0.15) is 0 Å². The first-order valence-corrected chi connectivity index (χ1v) is 4.84. The molecule has 1 N–H and O–H groups in total. The molecule has 0 spiro atoms. The van der Waals surface area contributed by atoms with E-state index in [9.17, 15) is 4.79 Å². The van der Waals surface area contributed by atoms with Crippen molar-refractivity contribution in [3.05, 3.63) is 29.7 Å². The fraction of sp³-hybridized carbons (Fsp3) is 0.273. The zero-order valence-electron chi connectivity index (χ0n) is 8.70. The maximum absolute atomic E-state index is 11.6. The topological polar surface area (TPSA) is 55.0 Å². The number of rotatable bonds is 2. The number of aromatic amines is 1. The predicted octanol–water partition coefficient (Wildman–Crippen LogP) is 2.05. The van der Waals surface area contributed by atoms with E-state index in [1.165, 1.54) is 0 Å². The molecule has 2 aromatic rings. The van der Waals surface area contributed by atoms with Gasteiger partial charge in [0.2, 0.25) is 0 Å². The minimum atomic E-state index is -0.384. The molecule has 0 aliphatic heterocycles. The van der Waals surface area contributed by atoms with Crippen LogP contribution in [0.15, 0.2) is 18.5 Å². The second-order valence-electron chi connectivity index (χ2n) is 3.28. The van der Waals surface area contributed by atoms with E-state index < -0.39 is 0 Å². The highest BCUT2D eigenvalue weighted by atomic mass is 16.5. The van der Waals surface area contributed by atoms with Gasteiger partial charge in [0.15, 0.2) is 5.69 Å². The number of carbonyl (C=O) groups is 1. The largest absolute Gasteiger partial charge is 0.461 e. The number of carbonyl (C=O) groups excluding carboxylic acids is 1. The van der Waals surface area contributed by atoms with Crippen LogP contribution in [-0.4, -0.2) is 22.5 Å². The van der Waals surface area contributed by atoms with Crippen molar-refractivity contribution >= 4 is 16.9 Å². The van der Waals surface area contributed by atoms with Crippen LogP contribution in [-0.2, 0) is 4.74 Å². The zero-order chi connectivity index (χ0) is 10.8. The summed E-state index contributed by atoms with van der Waals surface area (Å²) in [5.41, 5.74) is 2.13. The van der Waals surface area contributed by atoms with Crippen LogP contribution in [0, 0.1) is 6.92 Å². The Labute approximate surface area is 87.3 Å². The lowest BCUT2D eigenvalue weighted by Gasteiger charge is -2.03. The van der Waals surface area contributed by atoms with E-state index in [2.05, 4.69) is 9.97 Å². The molecule has 2 heterocycles. The van der Waals surface area contributed by atoms with Crippen LogP contribution in [0.25, 0.3) is 10.9 Å². The molecule has 0 saturated heterocycles. The molecule has 2 rings (SSSR count). The average Bonchev–Trinajstić information content (AvgIpc) is 2.68. The Hall–Kier alpha value is -1.84. The number of aryl methyl sites for hydroxylation is 1. The number of aromatic nitrogens is 2. The average molecular weight is 204 g/mol. The molecule has 0 atom stereocenters. The third-order valence-electron chi connectivity index (χ3n) is 2.26. The van der Waals surface area contributed by atoms with Gasteiger partial charge in [0.25, 0.3) is 0 Å². The van der Waals surface area contributed by atoms with Gasteiger partial charge in [-0.05, 0) is 25.5 Å². The number of fused-ring (bicyclic) bond motifs is 1. The van der Waals surface area contributed by atoms with E-state index in [1.54, 1.807) is 19.3 Å². The van der Waals surface area contributed by atoms with Crippen molar-refractivity contribution in [2.45, 2.75) is 13.8 Å². The van der Waals surface area contributed by atoms with Crippen LogP contribution in [0.3, 0.4) is 0 Å².